The molecule has 146 valence electrons. The van der Waals surface area contributed by atoms with E-state index in [-0.39, 0.29) is 4.90 Å². The first kappa shape index (κ1) is 19.6. The Morgan fingerprint density at radius 3 is 2.38 bits per heavy atom. The molecular formula is C23H18BrNO3S. The van der Waals surface area contributed by atoms with Crippen LogP contribution in [0.4, 0.5) is 0 Å². The Bertz CT molecular complexity index is 1330. The molecule has 1 aromatic heterocycles. The van der Waals surface area contributed by atoms with Gasteiger partial charge in [0.05, 0.1) is 10.4 Å². The number of benzene rings is 3. The van der Waals surface area contributed by atoms with Gasteiger partial charge < -0.3 is 4.74 Å². The zero-order valence-corrected chi connectivity index (χ0v) is 18.3. The molecule has 3 aromatic carbocycles. The molecule has 0 saturated carbocycles. The van der Waals surface area contributed by atoms with Crippen LogP contribution in [-0.2, 0) is 9.84 Å². The summed E-state index contributed by atoms with van der Waals surface area (Å²) in [5.74, 6) is 1.11. The second-order valence-corrected chi connectivity index (χ2v) is 9.70. The molecule has 6 heteroatoms. The fourth-order valence-electron chi connectivity index (χ4n) is 3.29. The van der Waals surface area contributed by atoms with Crippen molar-refractivity contribution in [2.24, 2.45) is 0 Å². The van der Waals surface area contributed by atoms with Gasteiger partial charge in [0.25, 0.3) is 0 Å². The molecule has 0 aliphatic rings. The molecule has 0 fully saturated rings. The molecule has 4 rings (SSSR count). The van der Waals surface area contributed by atoms with Crippen LogP contribution in [0.5, 0.6) is 11.5 Å². The highest BCUT2D eigenvalue weighted by Gasteiger charge is 2.12. The van der Waals surface area contributed by atoms with Gasteiger partial charge in [-0.1, -0.05) is 30.3 Å². The number of hydrogen-bond acceptors (Lipinski definition) is 4. The SMILES string of the molecule is Cc1cnc2c(Br)cccc2c1-c1cccc(Oc2cccc(S(C)(=O)=O)c2)c1. The number of halogens is 1. The normalized spacial score (nSPS) is 11.6. The van der Waals surface area contributed by atoms with Crippen molar-refractivity contribution in [3.05, 3.63) is 83.0 Å². The topological polar surface area (TPSA) is 56.3 Å². The van der Waals surface area contributed by atoms with Crippen molar-refractivity contribution in [2.75, 3.05) is 6.26 Å². The average Bonchev–Trinajstić information content (AvgIpc) is 2.68. The summed E-state index contributed by atoms with van der Waals surface area (Å²) in [4.78, 5) is 4.78. The Kier molecular flexibility index (Phi) is 5.15. The van der Waals surface area contributed by atoms with Crippen molar-refractivity contribution in [1.29, 1.82) is 0 Å². The van der Waals surface area contributed by atoms with Gasteiger partial charge in [-0.3, -0.25) is 4.98 Å². The highest BCUT2D eigenvalue weighted by molar-refractivity contribution is 9.10. The van der Waals surface area contributed by atoms with Gasteiger partial charge in [0, 0.05) is 22.3 Å². The third-order valence-electron chi connectivity index (χ3n) is 4.63. The van der Waals surface area contributed by atoms with Crippen LogP contribution < -0.4 is 4.74 Å². The molecule has 0 saturated heterocycles. The zero-order valence-electron chi connectivity index (χ0n) is 15.9. The third-order valence-corrected chi connectivity index (χ3v) is 6.38. The van der Waals surface area contributed by atoms with E-state index in [4.69, 9.17) is 4.74 Å². The lowest BCUT2D eigenvalue weighted by Crippen LogP contribution is -1.97. The van der Waals surface area contributed by atoms with Crippen LogP contribution in [0.2, 0.25) is 0 Å². The molecule has 0 amide bonds. The average molecular weight is 468 g/mol. The third kappa shape index (κ3) is 4.04. The van der Waals surface area contributed by atoms with Crippen molar-refractivity contribution in [2.45, 2.75) is 11.8 Å². The van der Waals surface area contributed by atoms with E-state index in [2.05, 4.69) is 27.0 Å². The molecule has 0 spiro atoms. The lowest BCUT2D eigenvalue weighted by molar-refractivity contribution is 0.481. The highest BCUT2D eigenvalue weighted by atomic mass is 79.9. The molecule has 4 nitrogen and oxygen atoms in total. The number of aryl methyl sites for hydroxylation is 1. The van der Waals surface area contributed by atoms with Gasteiger partial charge >= 0.3 is 0 Å². The molecule has 0 aliphatic heterocycles. The molecule has 0 N–H and O–H groups in total. The summed E-state index contributed by atoms with van der Waals surface area (Å²) in [7, 11) is -3.29. The molecule has 4 aromatic rings. The van der Waals surface area contributed by atoms with E-state index in [1.807, 2.05) is 49.5 Å². The van der Waals surface area contributed by atoms with E-state index >= 15 is 0 Å². The number of pyridine rings is 1. The number of para-hydroxylation sites is 1. The summed E-state index contributed by atoms with van der Waals surface area (Å²) < 4.78 is 30.5. The van der Waals surface area contributed by atoms with E-state index in [0.29, 0.717) is 11.5 Å². The van der Waals surface area contributed by atoms with Crippen LogP contribution in [-0.4, -0.2) is 19.7 Å². The van der Waals surface area contributed by atoms with Gasteiger partial charge in [-0.25, -0.2) is 8.42 Å². The Morgan fingerprint density at radius 1 is 0.931 bits per heavy atom. The van der Waals surface area contributed by atoms with Crippen molar-refractivity contribution < 1.29 is 13.2 Å². The molecule has 29 heavy (non-hydrogen) atoms. The molecule has 0 atom stereocenters. The molecule has 1 heterocycles. The number of nitrogens with zero attached hydrogens (tertiary/aromatic N) is 1. The number of fused-ring (bicyclic) bond motifs is 1. The van der Waals surface area contributed by atoms with Crippen LogP contribution in [0.25, 0.3) is 22.0 Å². The van der Waals surface area contributed by atoms with E-state index in [0.717, 1.165) is 32.1 Å². The standard InChI is InChI=1S/C23H18BrNO3S/c1-15-14-25-23-20(10-5-11-21(23)24)22(15)16-6-3-7-17(12-16)28-18-8-4-9-19(13-18)29(2,26)27/h3-14H,1-2H3. The molecule has 0 radical (unpaired) electrons. The fraction of sp³-hybridized carbons (Fsp3) is 0.0870. The second kappa shape index (κ2) is 7.61. The van der Waals surface area contributed by atoms with E-state index < -0.39 is 9.84 Å². The number of hydrogen-bond donors (Lipinski definition) is 0. The predicted molar refractivity (Wildman–Crippen MR) is 119 cm³/mol. The first-order valence-corrected chi connectivity index (χ1v) is 11.6. The summed E-state index contributed by atoms with van der Waals surface area (Å²) in [5.41, 5.74) is 4.06. The van der Waals surface area contributed by atoms with Crippen molar-refractivity contribution in [3.63, 3.8) is 0 Å². The lowest BCUT2D eigenvalue weighted by Gasteiger charge is -2.13. The summed E-state index contributed by atoms with van der Waals surface area (Å²) in [5, 5.41) is 1.05. The van der Waals surface area contributed by atoms with Crippen molar-refractivity contribution in [3.8, 4) is 22.6 Å². The van der Waals surface area contributed by atoms with Crippen LogP contribution >= 0.6 is 15.9 Å². The maximum Gasteiger partial charge on any atom is 0.175 e. The Labute approximate surface area is 178 Å². The van der Waals surface area contributed by atoms with Gasteiger partial charge in [0.1, 0.15) is 11.5 Å². The smallest absolute Gasteiger partial charge is 0.175 e. The lowest BCUT2D eigenvalue weighted by atomic mass is 9.97. The Morgan fingerprint density at radius 2 is 1.62 bits per heavy atom. The summed E-state index contributed by atoms with van der Waals surface area (Å²) in [6, 6.07) is 20.3. The van der Waals surface area contributed by atoms with Gasteiger partial charge in [-0.2, -0.15) is 0 Å². The largest absolute Gasteiger partial charge is 0.457 e. The summed E-state index contributed by atoms with van der Waals surface area (Å²) in [6.07, 6.45) is 3.05. The number of rotatable bonds is 4. The molecule has 0 aliphatic carbocycles. The molecular weight excluding hydrogens is 450 g/mol. The Balaban J connectivity index is 1.77. The minimum Gasteiger partial charge on any atom is -0.457 e. The van der Waals surface area contributed by atoms with Crippen LogP contribution in [0.15, 0.2) is 82.3 Å². The van der Waals surface area contributed by atoms with Crippen molar-refractivity contribution in [1.82, 2.24) is 4.98 Å². The predicted octanol–water partition coefficient (Wildman–Crippen LogP) is 6.17. The van der Waals surface area contributed by atoms with Gasteiger partial charge in [0.15, 0.2) is 9.84 Å². The van der Waals surface area contributed by atoms with Gasteiger partial charge in [-0.05, 0) is 75.9 Å². The minimum atomic E-state index is -3.29. The summed E-state index contributed by atoms with van der Waals surface area (Å²) in [6.45, 7) is 2.03. The van der Waals surface area contributed by atoms with E-state index in [9.17, 15) is 8.42 Å². The van der Waals surface area contributed by atoms with E-state index in [1.165, 1.54) is 12.3 Å². The van der Waals surface area contributed by atoms with Crippen LogP contribution in [0.1, 0.15) is 5.56 Å². The molecule has 0 bridgehead atoms. The monoisotopic (exact) mass is 467 g/mol. The maximum atomic E-state index is 11.8. The van der Waals surface area contributed by atoms with Gasteiger partial charge in [0.2, 0.25) is 0 Å². The maximum absolute atomic E-state index is 11.8. The number of sulfone groups is 1. The van der Waals surface area contributed by atoms with E-state index in [1.54, 1.807) is 18.2 Å². The first-order chi connectivity index (χ1) is 13.8. The molecule has 0 unspecified atom stereocenters. The van der Waals surface area contributed by atoms with Crippen LogP contribution in [0, 0.1) is 6.92 Å². The van der Waals surface area contributed by atoms with Gasteiger partial charge in [-0.15, -0.1) is 0 Å². The fourth-order valence-corrected chi connectivity index (χ4v) is 4.41. The first-order valence-electron chi connectivity index (χ1n) is 8.95. The van der Waals surface area contributed by atoms with Crippen LogP contribution in [0.3, 0.4) is 0 Å². The number of ether oxygens (including phenoxy) is 1. The Hall–Kier alpha value is -2.70. The minimum absolute atomic E-state index is 0.229. The zero-order chi connectivity index (χ0) is 20.6. The second-order valence-electron chi connectivity index (χ2n) is 6.83. The summed E-state index contributed by atoms with van der Waals surface area (Å²) >= 11 is 3.57. The van der Waals surface area contributed by atoms with Crippen molar-refractivity contribution >= 4 is 36.7 Å². The quantitative estimate of drug-likeness (QED) is 0.360. The highest BCUT2D eigenvalue weighted by Crippen LogP contribution is 2.36. The number of aromatic nitrogens is 1.